The summed E-state index contributed by atoms with van der Waals surface area (Å²) >= 11 is 0. The van der Waals surface area contributed by atoms with E-state index in [0.717, 1.165) is 16.8 Å². The van der Waals surface area contributed by atoms with E-state index < -0.39 is 0 Å². The molecule has 0 aromatic carbocycles. The van der Waals surface area contributed by atoms with Gasteiger partial charge >= 0.3 is 5.97 Å². The fourth-order valence-corrected chi connectivity index (χ4v) is 2.96. The van der Waals surface area contributed by atoms with Gasteiger partial charge in [-0.3, -0.25) is 14.3 Å². The van der Waals surface area contributed by atoms with Gasteiger partial charge in [-0.15, -0.1) is 0 Å². The van der Waals surface area contributed by atoms with Crippen LogP contribution in [-0.4, -0.2) is 38.0 Å². The van der Waals surface area contributed by atoms with E-state index in [0.29, 0.717) is 18.8 Å². The van der Waals surface area contributed by atoms with Crippen LogP contribution in [0.25, 0.3) is 0 Å². The Hall–Kier alpha value is -2.64. The maximum Gasteiger partial charge on any atom is 0.327 e. The summed E-state index contributed by atoms with van der Waals surface area (Å²) in [5.41, 5.74) is 2.68. The molecule has 0 aliphatic carbocycles. The zero-order valence-electron chi connectivity index (χ0n) is 13.4. The van der Waals surface area contributed by atoms with E-state index in [2.05, 4.69) is 15.5 Å². The molecule has 3 rings (SSSR count). The molecule has 0 unspecified atom stereocenters. The van der Waals surface area contributed by atoms with Crippen molar-refractivity contribution in [3.8, 4) is 0 Å². The van der Waals surface area contributed by atoms with Gasteiger partial charge in [-0.2, -0.15) is 10.2 Å². The number of esters is 1. The lowest BCUT2D eigenvalue weighted by Gasteiger charge is -2.23. The van der Waals surface area contributed by atoms with Crippen LogP contribution in [0, 0.1) is 6.92 Å². The van der Waals surface area contributed by atoms with Crippen LogP contribution in [0.4, 0.5) is 5.82 Å². The summed E-state index contributed by atoms with van der Waals surface area (Å²) in [4.78, 5) is 23.8. The molecule has 0 saturated heterocycles. The maximum atomic E-state index is 12.1. The Bertz CT molecular complexity index is 761. The molecule has 8 nitrogen and oxygen atoms in total. The molecule has 23 heavy (non-hydrogen) atoms. The lowest BCUT2D eigenvalue weighted by molar-refractivity contribution is -0.144. The number of nitrogens with zero attached hydrogens (tertiary/aromatic N) is 4. The molecule has 3 heterocycles. The van der Waals surface area contributed by atoms with Gasteiger partial charge in [0.15, 0.2) is 0 Å². The van der Waals surface area contributed by atoms with Gasteiger partial charge < -0.3 is 10.1 Å². The first-order valence-corrected chi connectivity index (χ1v) is 7.51. The Morgan fingerprint density at radius 1 is 1.52 bits per heavy atom. The van der Waals surface area contributed by atoms with Gasteiger partial charge in [0.2, 0.25) is 5.91 Å². The van der Waals surface area contributed by atoms with Gasteiger partial charge in [0.05, 0.1) is 18.5 Å². The molecule has 0 fully saturated rings. The highest BCUT2D eigenvalue weighted by Crippen LogP contribution is 2.38. The second kappa shape index (κ2) is 5.86. The number of carbonyl (C=O) groups is 2. The van der Waals surface area contributed by atoms with Gasteiger partial charge in [0, 0.05) is 31.1 Å². The van der Waals surface area contributed by atoms with E-state index in [1.54, 1.807) is 17.8 Å². The number of hydrogen-bond acceptors (Lipinski definition) is 5. The molecule has 0 radical (unpaired) electrons. The Morgan fingerprint density at radius 2 is 2.30 bits per heavy atom. The van der Waals surface area contributed by atoms with E-state index in [9.17, 15) is 9.59 Å². The number of nitrogens with one attached hydrogen (secondary N) is 1. The number of aromatic nitrogens is 4. The first-order valence-electron chi connectivity index (χ1n) is 7.51. The minimum Gasteiger partial charge on any atom is -0.465 e. The van der Waals surface area contributed by atoms with Crippen molar-refractivity contribution >= 4 is 17.7 Å². The molecular weight excluding hydrogens is 298 g/mol. The quantitative estimate of drug-likeness (QED) is 0.848. The standard InChI is InChI=1S/C15H19N5O3/c1-4-23-13(22)8-20-15-14(9(2)18-20)11(5-12(21)17-15)10-6-16-19(3)7-10/h6-7,11H,4-5,8H2,1-3H3,(H,17,21)/t11-/m1/s1. The highest BCUT2D eigenvalue weighted by molar-refractivity contribution is 5.94. The lowest BCUT2D eigenvalue weighted by Crippen LogP contribution is -2.26. The summed E-state index contributed by atoms with van der Waals surface area (Å²) in [5, 5.41) is 11.4. The number of hydrogen-bond donors (Lipinski definition) is 1. The molecule has 1 N–H and O–H groups in total. The molecule has 0 spiro atoms. The second-order valence-electron chi connectivity index (χ2n) is 5.56. The van der Waals surface area contributed by atoms with Crippen molar-refractivity contribution in [2.75, 3.05) is 11.9 Å². The number of amides is 1. The number of rotatable bonds is 4. The smallest absolute Gasteiger partial charge is 0.327 e. The van der Waals surface area contributed by atoms with Crippen LogP contribution in [0.1, 0.15) is 36.1 Å². The fourth-order valence-electron chi connectivity index (χ4n) is 2.96. The first kappa shape index (κ1) is 15.3. The number of aryl methyl sites for hydroxylation is 2. The summed E-state index contributed by atoms with van der Waals surface area (Å²) in [5.74, 6) is -0.0176. The lowest BCUT2D eigenvalue weighted by atomic mass is 9.87. The van der Waals surface area contributed by atoms with Crippen LogP contribution in [0.15, 0.2) is 12.4 Å². The highest BCUT2D eigenvalue weighted by Gasteiger charge is 2.33. The molecule has 8 heteroatoms. The summed E-state index contributed by atoms with van der Waals surface area (Å²) in [6, 6.07) is 0. The highest BCUT2D eigenvalue weighted by atomic mass is 16.5. The monoisotopic (exact) mass is 317 g/mol. The van der Waals surface area contributed by atoms with E-state index in [4.69, 9.17) is 4.74 Å². The average molecular weight is 317 g/mol. The zero-order valence-corrected chi connectivity index (χ0v) is 13.4. The van der Waals surface area contributed by atoms with Crippen molar-refractivity contribution in [2.45, 2.75) is 32.7 Å². The molecule has 122 valence electrons. The van der Waals surface area contributed by atoms with Gasteiger partial charge in [0.25, 0.3) is 0 Å². The normalized spacial score (nSPS) is 16.8. The molecule has 1 aliphatic rings. The summed E-state index contributed by atoms with van der Waals surface area (Å²) < 4.78 is 8.17. The SMILES string of the molecule is CCOC(=O)Cn1nc(C)c2c1NC(=O)C[C@@H]2c1cnn(C)c1. The molecule has 0 bridgehead atoms. The van der Waals surface area contributed by atoms with Crippen LogP contribution >= 0.6 is 0 Å². The van der Waals surface area contributed by atoms with Crippen LogP contribution < -0.4 is 5.32 Å². The topological polar surface area (TPSA) is 91.0 Å². The van der Waals surface area contributed by atoms with Crippen molar-refractivity contribution in [2.24, 2.45) is 7.05 Å². The van der Waals surface area contributed by atoms with E-state index in [1.807, 2.05) is 20.2 Å². The van der Waals surface area contributed by atoms with Gasteiger partial charge in [-0.05, 0) is 19.4 Å². The summed E-state index contributed by atoms with van der Waals surface area (Å²) in [6.07, 6.45) is 4.00. The van der Waals surface area contributed by atoms with E-state index >= 15 is 0 Å². The predicted molar refractivity (Wildman–Crippen MR) is 81.9 cm³/mol. The predicted octanol–water partition coefficient (Wildman–Crippen LogP) is 0.962. The van der Waals surface area contributed by atoms with Crippen LogP contribution in [0.3, 0.4) is 0 Å². The number of fused-ring (bicyclic) bond motifs is 1. The van der Waals surface area contributed by atoms with Gasteiger partial charge in [0.1, 0.15) is 12.4 Å². The third-order valence-corrected chi connectivity index (χ3v) is 3.88. The minimum atomic E-state index is -0.379. The molecule has 1 aliphatic heterocycles. The van der Waals surface area contributed by atoms with Crippen LogP contribution in [-0.2, 0) is 27.9 Å². The molecule has 2 aromatic heterocycles. The fraction of sp³-hybridized carbons (Fsp3) is 0.467. The zero-order chi connectivity index (χ0) is 16.6. The summed E-state index contributed by atoms with van der Waals surface area (Å²) in [7, 11) is 1.84. The summed E-state index contributed by atoms with van der Waals surface area (Å²) in [6.45, 7) is 3.92. The molecular formula is C15H19N5O3. The molecule has 2 aromatic rings. The molecule has 1 amide bonds. The second-order valence-corrected chi connectivity index (χ2v) is 5.56. The van der Waals surface area contributed by atoms with Crippen LogP contribution in [0.5, 0.6) is 0 Å². The first-order chi connectivity index (χ1) is 11.0. The molecule has 1 atom stereocenters. The average Bonchev–Trinajstić information content (AvgIpc) is 3.03. The number of anilines is 1. The third kappa shape index (κ3) is 2.84. The Labute approximate surface area is 133 Å². The number of carbonyl (C=O) groups excluding carboxylic acids is 2. The van der Waals surface area contributed by atoms with E-state index in [1.165, 1.54) is 4.68 Å². The van der Waals surface area contributed by atoms with Crippen LogP contribution in [0.2, 0.25) is 0 Å². The largest absolute Gasteiger partial charge is 0.465 e. The Morgan fingerprint density at radius 3 is 2.96 bits per heavy atom. The Kier molecular flexibility index (Phi) is 3.89. The van der Waals surface area contributed by atoms with Crippen molar-refractivity contribution in [1.29, 1.82) is 0 Å². The number of ether oxygens (including phenoxy) is 1. The third-order valence-electron chi connectivity index (χ3n) is 3.88. The Balaban J connectivity index is 2.00. The molecule has 0 saturated carbocycles. The van der Waals surface area contributed by atoms with Gasteiger partial charge in [-0.1, -0.05) is 0 Å². The van der Waals surface area contributed by atoms with Crippen molar-refractivity contribution in [1.82, 2.24) is 19.6 Å². The minimum absolute atomic E-state index is 0.0238. The maximum absolute atomic E-state index is 12.1. The van der Waals surface area contributed by atoms with Crippen molar-refractivity contribution < 1.29 is 14.3 Å². The van der Waals surface area contributed by atoms with Crippen molar-refractivity contribution in [3.63, 3.8) is 0 Å². The van der Waals surface area contributed by atoms with Gasteiger partial charge in [-0.25, -0.2) is 4.68 Å². The van der Waals surface area contributed by atoms with E-state index in [-0.39, 0.29) is 24.3 Å². The van der Waals surface area contributed by atoms with Crippen molar-refractivity contribution in [3.05, 3.63) is 29.2 Å².